The van der Waals surface area contributed by atoms with Crippen LogP contribution in [0.2, 0.25) is 0 Å². The van der Waals surface area contributed by atoms with E-state index >= 15 is 0 Å². The van der Waals surface area contributed by atoms with Gasteiger partial charge in [-0.15, -0.1) is 0 Å². The second-order valence-corrected chi connectivity index (χ2v) is 12.5. The summed E-state index contributed by atoms with van der Waals surface area (Å²) in [6.45, 7) is 15.4. The molecule has 4 rings (SSSR count). The highest BCUT2D eigenvalue weighted by Crippen LogP contribution is 2.67. The molecule has 0 radical (unpaired) electrons. The van der Waals surface area contributed by atoms with E-state index in [9.17, 15) is 0 Å². The summed E-state index contributed by atoms with van der Waals surface area (Å²) in [6.07, 6.45) is 17.7. The zero-order valence-corrected chi connectivity index (χ0v) is 21.4. The van der Waals surface area contributed by atoms with Crippen LogP contribution in [0.15, 0.2) is 16.8 Å². The Balaban J connectivity index is 1.47. The molecule has 31 heavy (non-hydrogen) atoms. The lowest BCUT2D eigenvalue weighted by Gasteiger charge is -2.58. The smallest absolute Gasteiger partial charge is 0.114 e. The zero-order valence-electron chi connectivity index (χ0n) is 21.4. The van der Waals surface area contributed by atoms with Crippen molar-refractivity contribution in [3.05, 3.63) is 11.6 Å². The monoisotopic (exact) mass is 427 g/mol. The van der Waals surface area contributed by atoms with E-state index < -0.39 is 0 Å². The number of oxime groups is 1. The topological polar surface area (TPSA) is 21.6 Å². The van der Waals surface area contributed by atoms with Gasteiger partial charge in [0.05, 0.1) is 5.71 Å². The van der Waals surface area contributed by atoms with Crippen LogP contribution in [0.3, 0.4) is 0 Å². The molecule has 4 aliphatic rings. The average molecular weight is 428 g/mol. The molecule has 176 valence electrons. The molecule has 0 saturated heterocycles. The van der Waals surface area contributed by atoms with E-state index in [1.165, 1.54) is 63.5 Å². The maximum Gasteiger partial charge on any atom is 0.114 e. The lowest BCUT2D eigenvalue weighted by Crippen LogP contribution is -2.50. The molecule has 3 unspecified atom stereocenters. The summed E-state index contributed by atoms with van der Waals surface area (Å²) in [5.74, 6) is 5.49. The van der Waals surface area contributed by atoms with E-state index in [-0.39, 0.29) is 0 Å². The Hall–Kier alpha value is -0.790. The molecular weight excluding hydrogens is 378 g/mol. The quantitative estimate of drug-likeness (QED) is 0.295. The number of hydrogen-bond acceptors (Lipinski definition) is 2. The van der Waals surface area contributed by atoms with Gasteiger partial charge in [0.1, 0.15) is 6.61 Å². The van der Waals surface area contributed by atoms with Crippen LogP contribution in [0.4, 0.5) is 0 Å². The summed E-state index contributed by atoms with van der Waals surface area (Å²) in [7, 11) is 0. The van der Waals surface area contributed by atoms with Gasteiger partial charge in [0.25, 0.3) is 0 Å². The van der Waals surface area contributed by atoms with Crippen LogP contribution in [0.1, 0.15) is 112 Å². The predicted octanol–water partition coefficient (Wildman–Crippen LogP) is 8.42. The third kappa shape index (κ3) is 4.26. The van der Waals surface area contributed by atoms with Gasteiger partial charge in [-0.3, -0.25) is 0 Å². The van der Waals surface area contributed by atoms with Gasteiger partial charge in [-0.1, -0.05) is 70.7 Å². The average Bonchev–Trinajstić information content (AvgIpc) is 3.09. The fourth-order valence-corrected chi connectivity index (χ4v) is 8.75. The molecule has 0 heterocycles. The fraction of sp³-hybridized carbons (Fsp3) is 0.897. The molecule has 2 heteroatoms. The SMILES string of the molecule is CCO/N=C1\CC[C@@]2(C)C(=CCC3C2CC[C@@]2(C)C3CC[C@@H]2[C@H](C)CCCC(C)C)C1. The third-order valence-electron chi connectivity index (χ3n) is 10.5. The number of nitrogens with zero attached hydrogens (tertiary/aromatic N) is 1. The predicted molar refractivity (Wildman–Crippen MR) is 132 cm³/mol. The van der Waals surface area contributed by atoms with Gasteiger partial charge >= 0.3 is 0 Å². The molecule has 4 aliphatic carbocycles. The van der Waals surface area contributed by atoms with Gasteiger partial charge in [0, 0.05) is 6.42 Å². The van der Waals surface area contributed by atoms with E-state index in [1.54, 1.807) is 5.57 Å². The Kier molecular flexibility index (Phi) is 6.95. The van der Waals surface area contributed by atoms with Crippen molar-refractivity contribution < 1.29 is 4.84 Å². The second kappa shape index (κ2) is 9.22. The maximum absolute atomic E-state index is 5.40. The molecule has 7 atom stereocenters. The summed E-state index contributed by atoms with van der Waals surface area (Å²) >= 11 is 0. The van der Waals surface area contributed by atoms with Crippen molar-refractivity contribution in [2.45, 2.75) is 112 Å². The van der Waals surface area contributed by atoms with Gasteiger partial charge in [-0.25, -0.2) is 0 Å². The molecule has 0 N–H and O–H groups in total. The van der Waals surface area contributed by atoms with Gasteiger partial charge < -0.3 is 4.84 Å². The Morgan fingerprint density at radius 1 is 1.06 bits per heavy atom. The first-order valence-corrected chi connectivity index (χ1v) is 13.7. The summed E-state index contributed by atoms with van der Waals surface area (Å²) < 4.78 is 0. The minimum absolute atomic E-state index is 0.413. The fourth-order valence-electron chi connectivity index (χ4n) is 8.75. The van der Waals surface area contributed by atoms with Crippen molar-refractivity contribution in [3.63, 3.8) is 0 Å². The molecule has 0 spiro atoms. The lowest BCUT2D eigenvalue weighted by atomic mass is 9.47. The Bertz CT molecular complexity index is 693. The van der Waals surface area contributed by atoms with E-state index in [0.717, 1.165) is 48.3 Å². The second-order valence-electron chi connectivity index (χ2n) is 12.5. The molecule has 0 aromatic rings. The summed E-state index contributed by atoms with van der Waals surface area (Å²) in [4.78, 5) is 5.40. The van der Waals surface area contributed by atoms with E-state index in [0.29, 0.717) is 17.4 Å². The van der Waals surface area contributed by atoms with Crippen molar-refractivity contribution in [2.75, 3.05) is 6.61 Å². The van der Waals surface area contributed by atoms with Crippen molar-refractivity contribution in [3.8, 4) is 0 Å². The zero-order chi connectivity index (χ0) is 22.2. The standard InChI is InChI=1S/C29H49NO/c1-7-31-30-23-15-17-28(5)22(19-23)11-12-24-26-14-13-25(21(4)10-8-9-20(2)3)29(26,6)18-16-27(24)28/h11,20-21,24-27H,7-10,12-19H2,1-6H3/b30-23+/t21-,24?,25-,26?,27?,28+,29-/m1/s1. The van der Waals surface area contributed by atoms with Gasteiger partial charge in [-0.05, 0) is 98.2 Å². The van der Waals surface area contributed by atoms with Crippen LogP contribution in [-0.2, 0) is 4.84 Å². The van der Waals surface area contributed by atoms with Crippen LogP contribution in [0.5, 0.6) is 0 Å². The highest BCUT2D eigenvalue weighted by molar-refractivity contribution is 5.87. The maximum atomic E-state index is 5.40. The largest absolute Gasteiger partial charge is 0.396 e. The molecule has 0 amide bonds. The number of rotatable bonds is 7. The van der Waals surface area contributed by atoms with Gasteiger partial charge in [0.2, 0.25) is 0 Å². The van der Waals surface area contributed by atoms with Crippen molar-refractivity contribution in [1.29, 1.82) is 0 Å². The number of hydrogen-bond donors (Lipinski definition) is 0. The first kappa shape index (κ1) is 23.4. The third-order valence-corrected chi connectivity index (χ3v) is 10.5. The van der Waals surface area contributed by atoms with Crippen molar-refractivity contribution >= 4 is 5.71 Å². The Morgan fingerprint density at radius 2 is 1.87 bits per heavy atom. The Labute approximate surface area is 192 Å². The van der Waals surface area contributed by atoms with E-state index in [2.05, 4.69) is 45.9 Å². The summed E-state index contributed by atoms with van der Waals surface area (Å²) in [5, 5.41) is 4.43. The van der Waals surface area contributed by atoms with E-state index in [1.807, 2.05) is 6.92 Å². The minimum atomic E-state index is 0.413. The molecular formula is C29H49NO. The number of fused-ring (bicyclic) bond motifs is 5. The molecule has 3 saturated carbocycles. The van der Waals surface area contributed by atoms with Crippen LogP contribution < -0.4 is 0 Å². The lowest BCUT2D eigenvalue weighted by molar-refractivity contribution is -0.0469. The van der Waals surface area contributed by atoms with Crippen LogP contribution in [0, 0.1) is 46.3 Å². The first-order valence-electron chi connectivity index (χ1n) is 13.7. The van der Waals surface area contributed by atoms with Crippen LogP contribution in [0.25, 0.3) is 0 Å². The molecule has 2 nitrogen and oxygen atoms in total. The van der Waals surface area contributed by atoms with Gasteiger partial charge in [-0.2, -0.15) is 0 Å². The highest BCUT2D eigenvalue weighted by atomic mass is 16.6. The molecule has 0 aromatic heterocycles. The van der Waals surface area contributed by atoms with E-state index in [4.69, 9.17) is 4.84 Å². The van der Waals surface area contributed by atoms with Crippen molar-refractivity contribution in [2.24, 2.45) is 51.5 Å². The van der Waals surface area contributed by atoms with Crippen molar-refractivity contribution in [1.82, 2.24) is 0 Å². The summed E-state index contributed by atoms with van der Waals surface area (Å²) in [5.41, 5.74) is 3.98. The summed E-state index contributed by atoms with van der Waals surface area (Å²) in [6, 6.07) is 0. The minimum Gasteiger partial charge on any atom is -0.396 e. The molecule has 3 fully saturated rings. The van der Waals surface area contributed by atoms with Gasteiger partial charge in [0.15, 0.2) is 0 Å². The molecule has 0 bridgehead atoms. The highest BCUT2D eigenvalue weighted by Gasteiger charge is 2.58. The molecule has 0 aliphatic heterocycles. The van der Waals surface area contributed by atoms with Crippen LogP contribution >= 0.6 is 0 Å². The Morgan fingerprint density at radius 3 is 2.61 bits per heavy atom. The normalized spacial score (nSPS) is 42.0. The number of allylic oxidation sites excluding steroid dienone is 2. The first-order chi connectivity index (χ1) is 14.8. The molecule has 0 aromatic carbocycles. The van der Waals surface area contributed by atoms with Crippen LogP contribution in [-0.4, -0.2) is 12.3 Å².